The van der Waals surface area contributed by atoms with E-state index in [-0.39, 0.29) is 18.2 Å². The van der Waals surface area contributed by atoms with E-state index in [0.717, 1.165) is 36.1 Å². The van der Waals surface area contributed by atoms with E-state index < -0.39 is 0 Å². The van der Waals surface area contributed by atoms with Crippen LogP contribution in [0.4, 0.5) is 5.69 Å². The van der Waals surface area contributed by atoms with Crippen LogP contribution in [0.3, 0.4) is 0 Å². The fourth-order valence-electron chi connectivity index (χ4n) is 3.31. The first-order chi connectivity index (χ1) is 18.1. The number of methoxy groups -OCH3 is 1. The molecule has 3 rings (SSSR count). The summed E-state index contributed by atoms with van der Waals surface area (Å²) in [7, 11) is 1.60. The topological polar surface area (TPSA) is 145 Å². The van der Waals surface area contributed by atoms with Gasteiger partial charge >= 0.3 is 0 Å². The van der Waals surface area contributed by atoms with Crippen LogP contribution in [-0.2, 0) is 9.63 Å². The number of amides is 1. The highest BCUT2D eigenvalue weighted by atomic mass is 16.6. The second kappa shape index (κ2) is 13.9. The Balaban J connectivity index is 1.56. The maximum atomic E-state index is 12.6. The monoisotopic (exact) mass is 501 g/mol. The summed E-state index contributed by atoms with van der Waals surface area (Å²) in [5.74, 6) is 1.00. The molecule has 0 bridgehead atoms. The Morgan fingerprint density at radius 2 is 1.97 bits per heavy atom. The Hall–Kier alpha value is -4.90. The molecule has 0 atom stereocenters. The third-order valence-corrected chi connectivity index (χ3v) is 5.15. The van der Waals surface area contributed by atoms with Crippen LogP contribution < -0.4 is 14.9 Å². The minimum Gasteiger partial charge on any atom is -0.493 e. The quantitative estimate of drug-likeness (QED) is 0.365. The fourth-order valence-corrected chi connectivity index (χ4v) is 3.31. The zero-order valence-corrected chi connectivity index (χ0v) is 20.7. The van der Waals surface area contributed by atoms with Crippen LogP contribution in [0.5, 0.6) is 11.5 Å². The molecule has 11 nitrogen and oxygen atoms in total. The highest BCUT2D eigenvalue weighted by Crippen LogP contribution is 2.29. The molecule has 1 aliphatic rings. The lowest BCUT2D eigenvalue weighted by Gasteiger charge is -2.23. The maximum absolute atomic E-state index is 12.6. The fraction of sp³-hybridized carbons (Fsp3) is 0.308. The van der Waals surface area contributed by atoms with Gasteiger partial charge in [-0.15, -0.1) is 0 Å². The first-order valence-corrected chi connectivity index (χ1v) is 11.7. The van der Waals surface area contributed by atoms with Gasteiger partial charge in [-0.2, -0.15) is 20.7 Å². The number of anilines is 1. The van der Waals surface area contributed by atoms with Crippen molar-refractivity contribution in [2.45, 2.75) is 26.2 Å². The number of carbonyl (C=O) groups excluding carboxylic acids is 1. The molecular formula is C26H27N7O4. The van der Waals surface area contributed by atoms with E-state index >= 15 is 0 Å². The average molecular weight is 502 g/mol. The number of nitrogens with zero attached hydrogens (tertiary/aromatic N) is 6. The summed E-state index contributed by atoms with van der Waals surface area (Å²) in [5.41, 5.74) is 5.33. The van der Waals surface area contributed by atoms with Gasteiger partial charge in [-0.3, -0.25) is 10.2 Å². The summed E-state index contributed by atoms with van der Waals surface area (Å²) in [6, 6.07) is 15.8. The van der Waals surface area contributed by atoms with E-state index in [1.807, 2.05) is 25.1 Å². The van der Waals surface area contributed by atoms with Crippen molar-refractivity contribution in [3.8, 4) is 23.6 Å². The van der Waals surface area contributed by atoms with Gasteiger partial charge in [0.05, 0.1) is 31.3 Å². The van der Waals surface area contributed by atoms with Crippen molar-refractivity contribution in [1.82, 2.24) is 5.01 Å². The summed E-state index contributed by atoms with van der Waals surface area (Å²) in [5, 5.41) is 30.8. The number of carbonyl (C=O) groups is 1. The predicted octanol–water partition coefficient (Wildman–Crippen LogP) is 3.68. The lowest BCUT2D eigenvalue weighted by atomic mass is 10.0. The minimum atomic E-state index is -0.298. The van der Waals surface area contributed by atoms with Crippen molar-refractivity contribution in [3.05, 3.63) is 53.6 Å². The smallest absolute Gasteiger partial charge is 0.283 e. The van der Waals surface area contributed by atoms with Gasteiger partial charge in [-0.25, -0.2) is 5.01 Å². The van der Waals surface area contributed by atoms with Gasteiger partial charge in [0.2, 0.25) is 5.71 Å². The molecule has 2 aromatic carbocycles. The highest BCUT2D eigenvalue weighted by Gasteiger charge is 2.20. The molecule has 11 heteroatoms. The molecule has 0 spiro atoms. The van der Waals surface area contributed by atoms with E-state index in [4.69, 9.17) is 24.8 Å². The van der Waals surface area contributed by atoms with Crippen LogP contribution in [0, 0.1) is 22.7 Å². The number of hydrazone groups is 2. The molecule has 0 aromatic heterocycles. The Labute approximate surface area is 215 Å². The van der Waals surface area contributed by atoms with Crippen LogP contribution in [-0.4, -0.2) is 55.4 Å². The zero-order valence-electron chi connectivity index (χ0n) is 20.7. The zero-order chi connectivity index (χ0) is 26.5. The summed E-state index contributed by atoms with van der Waals surface area (Å²) >= 11 is 0. The second-order valence-electron chi connectivity index (χ2n) is 7.81. The Kier molecular flexibility index (Phi) is 10.00. The molecule has 37 heavy (non-hydrogen) atoms. The number of hydrogen-bond acceptors (Lipinski definition) is 10. The molecule has 0 unspecified atom stereocenters. The van der Waals surface area contributed by atoms with E-state index in [1.165, 1.54) is 11.2 Å². The summed E-state index contributed by atoms with van der Waals surface area (Å²) in [6.07, 6.45) is 3.87. The number of ether oxygens (including phenoxy) is 2. The molecular weight excluding hydrogens is 474 g/mol. The first-order valence-electron chi connectivity index (χ1n) is 11.7. The van der Waals surface area contributed by atoms with Crippen LogP contribution in [0.15, 0.2) is 57.8 Å². The maximum Gasteiger partial charge on any atom is 0.283 e. The molecule has 0 radical (unpaired) electrons. The van der Waals surface area contributed by atoms with Gasteiger partial charge in [0.1, 0.15) is 12.1 Å². The molecule has 0 saturated carbocycles. The number of rotatable bonds is 11. The molecule has 1 aliphatic heterocycles. The summed E-state index contributed by atoms with van der Waals surface area (Å²) < 4.78 is 11.2. The summed E-state index contributed by atoms with van der Waals surface area (Å²) in [4.78, 5) is 17.8. The van der Waals surface area contributed by atoms with Gasteiger partial charge in [0.25, 0.3) is 5.91 Å². The Morgan fingerprint density at radius 3 is 2.68 bits per heavy atom. The molecule has 0 fully saturated rings. The number of nitrogens with one attached hydrogen (secondary N) is 1. The van der Waals surface area contributed by atoms with E-state index in [9.17, 15) is 4.79 Å². The van der Waals surface area contributed by atoms with Crippen LogP contribution in [0.1, 0.15) is 37.3 Å². The molecule has 1 heterocycles. The SMILES string of the molecule is CCCOc1cc(C2=NN(C(=O)CON=Cc3ccc(NN=C(C#N)C#N)cc3)CCC2)ccc1OC. The van der Waals surface area contributed by atoms with Crippen molar-refractivity contribution in [2.24, 2.45) is 15.4 Å². The number of benzene rings is 2. The van der Waals surface area contributed by atoms with Gasteiger partial charge in [0.15, 0.2) is 18.1 Å². The van der Waals surface area contributed by atoms with Crippen molar-refractivity contribution >= 4 is 29.2 Å². The average Bonchev–Trinajstić information content (AvgIpc) is 2.95. The minimum absolute atomic E-state index is 0.250. The third-order valence-electron chi connectivity index (χ3n) is 5.15. The van der Waals surface area contributed by atoms with Crippen molar-refractivity contribution in [1.29, 1.82) is 10.5 Å². The van der Waals surface area contributed by atoms with Crippen LogP contribution in [0.25, 0.3) is 0 Å². The second-order valence-corrected chi connectivity index (χ2v) is 7.81. The van der Waals surface area contributed by atoms with Gasteiger partial charge in [-0.05, 0) is 55.2 Å². The normalized spacial score (nSPS) is 12.6. The molecule has 2 aromatic rings. The lowest BCUT2D eigenvalue weighted by molar-refractivity contribution is -0.136. The Morgan fingerprint density at radius 1 is 1.19 bits per heavy atom. The van der Waals surface area contributed by atoms with E-state index in [1.54, 1.807) is 43.5 Å². The molecule has 0 saturated heterocycles. The first kappa shape index (κ1) is 26.7. The Bertz CT molecular complexity index is 1240. The molecule has 190 valence electrons. The van der Waals surface area contributed by atoms with E-state index in [0.29, 0.717) is 30.3 Å². The van der Waals surface area contributed by atoms with Gasteiger partial charge in [-0.1, -0.05) is 24.2 Å². The van der Waals surface area contributed by atoms with Gasteiger partial charge < -0.3 is 14.3 Å². The summed E-state index contributed by atoms with van der Waals surface area (Å²) in [6.45, 7) is 2.87. The standard InChI is InChI=1S/C26H27N7O4/c1-3-13-36-25-14-20(8-11-24(25)35-2)23-5-4-12-33(32-23)26(34)18-37-29-17-19-6-9-21(10-7-19)30-31-22(15-27)16-28/h6-11,14,17,30H,3-5,12-13,18H2,1-2H3. The number of hydrogen-bond donors (Lipinski definition) is 1. The lowest BCUT2D eigenvalue weighted by Crippen LogP contribution is -2.34. The van der Waals surface area contributed by atoms with Crippen LogP contribution >= 0.6 is 0 Å². The molecule has 0 aliphatic carbocycles. The molecule has 1 amide bonds. The van der Waals surface area contributed by atoms with Crippen molar-refractivity contribution in [3.63, 3.8) is 0 Å². The third kappa shape index (κ3) is 7.80. The number of oxime groups is 1. The number of nitriles is 2. The predicted molar refractivity (Wildman–Crippen MR) is 139 cm³/mol. The van der Waals surface area contributed by atoms with Crippen LogP contribution in [0.2, 0.25) is 0 Å². The highest BCUT2D eigenvalue weighted by molar-refractivity contribution is 6.10. The van der Waals surface area contributed by atoms with Gasteiger partial charge in [0, 0.05) is 12.1 Å². The largest absolute Gasteiger partial charge is 0.493 e. The van der Waals surface area contributed by atoms with Crippen molar-refractivity contribution < 1.29 is 19.1 Å². The van der Waals surface area contributed by atoms with E-state index in [2.05, 4.69) is 20.8 Å². The molecule has 1 N–H and O–H groups in total. The van der Waals surface area contributed by atoms with Crippen molar-refractivity contribution in [2.75, 3.05) is 32.3 Å².